The number of rotatable bonds is 6. The molecule has 2 heterocycles. The summed E-state index contributed by atoms with van der Waals surface area (Å²) < 4.78 is 14.3. The zero-order valence-corrected chi connectivity index (χ0v) is 16.1. The molecule has 0 unspecified atom stereocenters. The first-order valence-corrected chi connectivity index (χ1v) is 9.21. The Morgan fingerprint density at radius 1 is 1.23 bits per heavy atom. The van der Waals surface area contributed by atoms with Gasteiger partial charge in [-0.2, -0.15) is 9.78 Å². The molecule has 0 bridgehead atoms. The Kier molecular flexibility index (Phi) is 5.15. The second-order valence-corrected chi connectivity index (χ2v) is 6.76. The van der Waals surface area contributed by atoms with Gasteiger partial charge in [-0.3, -0.25) is 14.9 Å². The molecule has 0 aliphatic heterocycles. The minimum atomic E-state index is -0.560. The minimum Gasteiger partial charge on any atom is -0.382 e. The van der Waals surface area contributed by atoms with Crippen molar-refractivity contribution < 1.29 is 9.31 Å². The van der Waals surface area contributed by atoms with E-state index in [-0.39, 0.29) is 16.5 Å². The summed E-state index contributed by atoms with van der Waals surface area (Å²) in [6.07, 6.45) is 1.89. The number of halogens is 2. The van der Waals surface area contributed by atoms with E-state index in [1.807, 2.05) is 0 Å². The van der Waals surface area contributed by atoms with Gasteiger partial charge < -0.3 is 10.3 Å². The predicted octanol–water partition coefficient (Wildman–Crippen LogP) is 3.46. The monoisotopic (exact) mass is 428 g/mol. The number of nitrogens with one attached hydrogen (secondary N) is 2. The highest BCUT2D eigenvalue weighted by Crippen LogP contribution is 2.19. The number of anilines is 1. The molecule has 0 atom stereocenters. The number of benzene rings is 2. The number of fused-ring (bicyclic) bond motifs is 1. The van der Waals surface area contributed by atoms with Crippen LogP contribution in [0.5, 0.6) is 0 Å². The van der Waals surface area contributed by atoms with E-state index in [0.29, 0.717) is 41.2 Å². The summed E-state index contributed by atoms with van der Waals surface area (Å²) in [5.74, 6) is 0.314. The topological polar surface area (TPSA) is 119 Å². The zero-order chi connectivity index (χ0) is 21.3. The van der Waals surface area contributed by atoms with Crippen LogP contribution in [0.4, 0.5) is 15.8 Å². The Morgan fingerprint density at radius 2 is 2.00 bits per heavy atom. The Balaban J connectivity index is 1.47. The molecule has 4 aromatic rings. The molecule has 0 saturated heterocycles. The van der Waals surface area contributed by atoms with E-state index in [1.165, 1.54) is 42.6 Å². The number of hydrogen-bond donors (Lipinski definition) is 2. The second-order valence-electron chi connectivity index (χ2n) is 6.38. The third-order valence-corrected chi connectivity index (χ3v) is 4.76. The van der Waals surface area contributed by atoms with Crippen molar-refractivity contribution in [2.45, 2.75) is 6.42 Å². The van der Waals surface area contributed by atoms with Crippen LogP contribution in [-0.2, 0) is 6.42 Å². The number of hydrogen-bond acceptors (Lipinski definition) is 6. The molecule has 0 fully saturated rings. The van der Waals surface area contributed by atoms with E-state index in [1.54, 1.807) is 6.07 Å². The van der Waals surface area contributed by atoms with E-state index in [9.17, 15) is 19.3 Å². The highest BCUT2D eigenvalue weighted by Gasteiger charge is 2.12. The molecule has 2 aromatic carbocycles. The average Bonchev–Trinajstić information content (AvgIpc) is 3.13. The van der Waals surface area contributed by atoms with Crippen LogP contribution in [0.2, 0.25) is 5.02 Å². The molecule has 0 spiro atoms. The van der Waals surface area contributed by atoms with E-state index in [2.05, 4.69) is 20.4 Å². The fourth-order valence-corrected chi connectivity index (χ4v) is 3.12. The summed E-state index contributed by atoms with van der Waals surface area (Å²) in [5.41, 5.74) is 1.32. The number of nitrogens with zero attached hydrogens (tertiary/aromatic N) is 4. The van der Waals surface area contributed by atoms with Crippen molar-refractivity contribution in [1.82, 2.24) is 19.7 Å². The van der Waals surface area contributed by atoms with Crippen LogP contribution in [0.3, 0.4) is 0 Å². The van der Waals surface area contributed by atoms with E-state index >= 15 is 0 Å². The van der Waals surface area contributed by atoms with Gasteiger partial charge in [-0.25, -0.2) is 9.37 Å². The van der Waals surface area contributed by atoms with Gasteiger partial charge in [0.25, 0.3) is 11.2 Å². The van der Waals surface area contributed by atoms with Crippen molar-refractivity contribution in [3.8, 4) is 5.69 Å². The van der Waals surface area contributed by atoms with Crippen molar-refractivity contribution in [2.24, 2.45) is 0 Å². The quantitative estimate of drug-likeness (QED) is 0.358. The first kappa shape index (κ1) is 19.5. The Morgan fingerprint density at radius 3 is 2.73 bits per heavy atom. The number of H-pyrrole nitrogens is 1. The van der Waals surface area contributed by atoms with E-state index in [4.69, 9.17) is 11.6 Å². The van der Waals surface area contributed by atoms with Gasteiger partial charge in [0.1, 0.15) is 16.7 Å². The molecule has 30 heavy (non-hydrogen) atoms. The lowest BCUT2D eigenvalue weighted by Gasteiger charge is -2.09. The van der Waals surface area contributed by atoms with Crippen LogP contribution in [-0.4, -0.2) is 31.2 Å². The molecule has 0 aliphatic carbocycles. The summed E-state index contributed by atoms with van der Waals surface area (Å²) >= 11 is 6.18. The molecule has 11 heteroatoms. The normalized spacial score (nSPS) is 11.0. The van der Waals surface area contributed by atoms with Gasteiger partial charge in [0.2, 0.25) is 0 Å². The Hall–Kier alpha value is -3.79. The zero-order valence-electron chi connectivity index (χ0n) is 15.3. The van der Waals surface area contributed by atoms with Gasteiger partial charge in [-0.15, -0.1) is 0 Å². The van der Waals surface area contributed by atoms with Crippen molar-refractivity contribution in [1.29, 1.82) is 0 Å². The van der Waals surface area contributed by atoms with Gasteiger partial charge in [0.05, 0.1) is 33.5 Å². The molecule has 9 nitrogen and oxygen atoms in total. The highest BCUT2D eigenvalue weighted by atomic mass is 35.5. The molecular formula is C19H14ClFN6O3. The number of nitro groups is 1. The van der Waals surface area contributed by atoms with Gasteiger partial charge in [-0.05, 0) is 30.3 Å². The van der Waals surface area contributed by atoms with E-state index < -0.39 is 10.5 Å². The maximum atomic E-state index is 13.3. The highest BCUT2D eigenvalue weighted by molar-refractivity contribution is 6.32. The maximum Gasteiger partial charge on any atom is 0.292 e. The van der Waals surface area contributed by atoms with E-state index in [0.717, 1.165) is 4.68 Å². The lowest BCUT2D eigenvalue weighted by molar-refractivity contribution is -0.384. The second kappa shape index (κ2) is 7.91. The number of aromatic amines is 1. The first-order chi connectivity index (χ1) is 14.4. The van der Waals surface area contributed by atoms with Crippen LogP contribution in [0.25, 0.3) is 16.7 Å². The van der Waals surface area contributed by atoms with Crippen molar-refractivity contribution in [3.63, 3.8) is 0 Å². The molecule has 0 radical (unpaired) electrons. The molecule has 4 rings (SSSR count). The molecule has 0 aliphatic rings. The summed E-state index contributed by atoms with van der Waals surface area (Å²) in [7, 11) is 0. The van der Waals surface area contributed by atoms with Gasteiger partial charge in [0.15, 0.2) is 0 Å². The van der Waals surface area contributed by atoms with Crippen LogP contribution < -0.4 is 10.9 Å². The largest absolute Gasteiger partial charge is 0.382 e. The predicted molar refractivity (Wildman–Crippen MR) is 110 cm³/mol. The number of imidazole rings is 1. The smallest absolute Gasteiger partial charge is 0.292 e. The molecular weight excluding hydrogens is 415 g/mol. The lowest BCUT2D eigenvalue weighted by atomic mass is 10.3. The SMILES string of the molecule is O=c1c(Cl)c(NCCc2nc3ccc(F)cc3[nH]2)cnn1-c1ccc([N+](=O)[O-])cc1. The number of non-ortho nitro benzene ring substituents is 1. The maximum absolute atomic E-state index is 13.3. The first-order valence-electron chi connectivity index (χ1n) is 8.83. The summed E-state index contributed by atoms with van der Waals surface area (Å²) in [6, 6.07) is 9.71. The Bertz CT molecular complexity index is 1300. The van der Waals surface area contributed by atoms with Gasteiger partial charge >= 0.3 is 0 Å². The van der Waals surface area contributed by atoms with Gasteiger partial charge in [0, 0.05) is 25.1 Å². The Labute approximate surface area is 173 Å². The molecule has 2 N–H and O–H groups in total. The van der Waals surface area contributed by atoms with Crippen LogP contribution in [0, 0.1) is 15.9 Å². The third-order valence-electron chi connectivity index (χ3n) is 4.39. The van der Waals surface area contributed by atoms with Crippen molar-refractivity contribution in [2.75, 3.05) is 11.9 Å². The summed E-state index contributed by atoms with van der Waals surface area (Å²) in [4.78, 5) is 30.2. The van der Waals surface area contributed by atoms with Crippen LogP contribution in [0.15, 0.2) is 53.5 Å². The molecule has 0 saturated carbocycles. The van der Waals surface area contributed by atoms with Crippen molar-refractivity contribution in [3.05, 3.63) is 85.8 Å². The van der Waals surface area contributed by atoms with Crippen molar-refractivity contribution >= 4 is 34.0 Å². The number of nitro benzene ring substituents is 1. The summed E-state index contributed by atoms with van der Waals surface area (Å²) in [6.45, 7) is 0.407. The van der Waals surface area contributed by atoms with Crippen LogP contribution in [0.1, 0.15) is 5.82 Å². The third kappa shape index (κ3) is 3.85. The molecule has 152 valence electrons. The standard InChI is InChI=1S/C19H14ClFN6O3/c20-18-16(22-8-7-17-24-14-6-1-11(21)9-15(14)25-17)10-23-26(19(18)28)12-2-4-13(5-3-12)27(29)30/h1-6,9-10,22H,7-8H2,(H,24,25). The van der Waals surface area contributed by atoms with Gasteiger partial charge in [-0.1, -0.05) is 11.6 Å². The molecule has 2 aromatic heterocycles. The lowest BCUT2D eigenvalue weighted by Crippen LogP contribution is -2.23. The average molecular weight is 429 g/mol. The fourth-order valence-electron chi connectivity index (χ4n) is 2.92. The fraction of sp³-hybridized carbons (Fsp3) is 0.105. The van der Waals surface area contributed by atoms with Crippen LogP contribution >= 0.6 is 11.6 Å². The molecule has 0 amide bonds. The number of aromatic nitrogens is 4. The minimum absolute atomic E-state index is 0.0602. The summed E-state index contributed by atoms with van der Waals surface area (Å²) in [5, 5.41) is 17.8.